The minimum atomic E-state index is -1.33. The molecule has 0 radical (unpaired) electrons. The van der Waals surface area contributed by atoms with Crippen molar-refractivity contribution >= 4 is 21.9 Å². The minimum Gasteiger partial charge on any atom is -0.543 e. The van der Waals surface area contributed by atoms with Crippen LogP contribution in [-0.2, 0) is 6.61 Å². The Morgan fingerprint density at radius 3 is 2.34 bits per heavy atom. The summed E-state index contributed by atoms with van der Waals surface area (Å²) in [5, 5.41) is 11.3. The minimum absolute atomic E-state index is 0. The predicted octanol–water partition coefficient (Wildman–Crippen LogP) is 2.26. The number of rotatable bonds is 6. The quantitative estimate of drug-likeness (QED) is 0.382. The van der Waals surface area contributed by atoms with Gasteiger partial charge in [-0.3, -0.25) is 0 Å². The van der Waals surface area contributed by atoms with Crippen LogP contribution < -0.4 is 39.4 Å². The summed E-state index contributed by atoms with van der Waals surface area (Å²) in [6, 6.07) is 24.2. The Balaban J connectivity index is 0.00000289. The molecule has 0 bridgehead atoms. The number of benzene rings is 3. The second-order valence-corrected chi connectivity index (χ2v) is 7.71. The van der Waals surface area contributed by atoms with E-state index in [1.165, 1.54) is 18.2 Å². The molecule has 4 aromatic rings. The Labute approximate surface area is 215 Å². The van der Waals surface area contributed by atoms with Crippen LogP contribution in [0.4, 0.5) is 4.39 Å². The number of pyridine rings is 1. The molecule has 0 N–H and O–H groups in total. The Bertz CT molecular complexity index is 1250. The standard InChI is InChI=1S/C25H17BrFNO3.Na/c26-17-10-13-24(31-15-16-8-11-18(27)12-9-16)21(14-17)19-4-1-2-5-20(19)22-6-3-7-23(28-22)25(29)30;/h1-14H,15H2,(H,29,30);/q;+1/p-1. The summed E-state index contributed by atoms with van der Waals surface area (Å²) in [7, 11) is 0. The fraction of sp³-hybridized carbons (Fsp3) is 0.0400. The number of carbonyl (C=O) groups is 1. The van der Waals surface area contributed by atoms with Crippen molar-refractivity contribution in [3.63, 3.8) is 0 Å². The van der Waals surface area contributed by atoms with E-state index in [4.69, 9.17) is 4.74 Å². The number of aromatic nitrogens is 1. The SMILES string of the molecule is O=C([O-])c1cccc(-c2ccccc2-c2cc(Br)ccc2OCc2ccc(F)cc2)n1.[Na+]. The van der Waals surface area contributed by atoms with Crippen molar-refractivity contribution in [3.8, 4) is 28.1 Å². The summed E-state index contributed by atoms with van der Waals surface area (Å²) >= 11 is 3.51. The second kappa shape index (κ2) is 10.9. The van der Waals surface area contributed by atoms with Crippen molar-refractivity contribution in [2.24, 2.45) is 0 Å². The Morgan fingerprint density at radius 1 is 0.906 bits per heavy atom. The van der Waals surface area contributed by atoms with Gasteiger partial charge in [-0.05, 0) is 53.6 Å². The number of carboxylic acids is 1. The molecule has 0 amide bonds. The van der Waals surface area contributed by atoms with Crippen LogP contribution in [-0.4, -0.2) is 11.0 Å². The first-order chi connectivity index (χ1) is 15.0. The Morgan fingerprint density at radius 2 is 1.62 bits per heavy atom. The van der Waals surface area contributed by atoms with E-state index in [1.807, 2.05) is 42.5 Å². The molecule has 0 aliphatic heterocycles. The monoisotopic (exact) mass is 499 g/mol. The third-order valence-electron chi connectivity index (χ3n) is 4.70. The van der Waals surface area contributed by atoms with Crippen LogP contribution in [0.1, 0.15) is 16.1 Å². The van der Waals surface area contributed by atoms with Crippen LogP contribution in [0.25, 0.3) is 22.4 Å². The molecular weight excluding hydrogens is 484 g/mol. The fourth-order valence-electron chi connectivity index (χ4n) is 3.22. The average molecular weight is 500 g/mol. The van der Waals surface area contributed by atoms with Crippen molar-refractivity contribution in [1.29, 1.82) is 0 Å². The van der Waals surface area contributed by atoms with Crippen LogP contribution in [0.3, 0.4) is 0 Å². The molecule has 1 aromatic heterocycles. The van der Waals surface area contributed by atoms with Crippen molar-refractivity contribution in [1.82, 2.24) is 4.98 Å². The molecule has 0 fully saturated rings. The summed E-state index contributed by atoms with van der Waals surface area (Å²) in [6.07, 6.45) is 0. The Hall–Kier alpha value is -2.51. The number of hydrogen-bond donors (Lipinski definition) is 0. The molecule has 154 valence electrons. The molecule has 0 saturated heterocycles. The zero-order chi connectivity index (χ0) is 21.8. The van der Waals surface area contributed by atoms with Gasteiger partial charge in [0.2, 0.25) is 0 Å². The van der Waals surface area contributed by atoms with E-state index >= 15 is 0 Å². The van der Waals surface area contributed by atoms with E-state index < -0.39 is 5.97 Å². The molecule has 32 heavy (non-hydrogen) atoms. The Kier molecular flexibility index (Phi) is 8.21. The second-order valence-electron chi connectivity index (χ2n) is 6.80. The molecule has 4 nitrogen and oxygen atoms in total. The van der Waals surface area contributed by atoms with Crippen molar-refractivity contribution < 1.29 is 48.6 Å². The number of halogens is 2. The normalized spacial score (nSPS) is 10.3. The molecule has 7 heteroatoms. The van der Waals surface area contributed by atoms with Gasteiger partial charge < -0.3 is 14.6 Å². The maximum atomic E-state index is 13.2. The topological polar surface area (TPSA) is 62.2 Å². The van der Waals surface area contributed by atoms with Gasteiger partial charge >= 0.3 is 29.6 Å². The van der Waals surface area contributed by atoms with Gasteiger partial charge in [-0.15, -0.1) is 0 Å². The van der Waals surface area contributed by atoms with Crippen LogP contribution >= 0.6 is 15.9 Å². The van der Waals surface area contributed by atoms with E-state index in [0.29, 0.717) is 11.4 Å². The van der Waals surface area contributed by atoms with Crippen LogP contribution in [0.5, 0.6) is 5.75 Å². The predicted molar refractivity (Wildman–Crippen MR) is 118 cm³/mol. The number of carbonyl (C=O) groups excluding carboxylic acids is 1. The zero-order valence-corrected chi connectivity index (χ0v) is 20.8. The summed E-state index contributed by atoms with van der Waals surface area (Å²) in [4.78, 5) is 15.5. The van der Waals surface area contributed by atoms with Gasteiger partial charge in [0.25, 0.3) is 0 Å². The molecular formula is C25H16BrFNNaO3. The molecule has 0 unspecified atom stereocenters. The largest absolute Gasteiger partial charge is 1.00 e. The maximum absolute atomic E-state index is 13.2. The van der Waals surface area contributed by atoms with Gasteiger partial charge in [-0.1, -0.05) is 58.4 Å². The number of aromatic carboxylic acids is 1. The number of carboxylic acid groups (broad SMARTS) is 1. The number of nitrogens with zero attached hydrogens (tertiary/aromatic N) is 1. The van der Waals surface area contributed by atoms with E-state index in [1.54, 1.807) is 24.3 Å². The molecule has 1 heterocycles. The van der Waals surface area contributed by atoms with E-state index in [2.05, 4.69) is 20.9 Å². The first kappa shape index (κ1) is 24.1. The van der Waals surface area contributed by atoms with Crippen molar-refractivity contribution in [3.05, 3.63) is 106 Å². The first-order valence-electron chi connectivity index (χ1n) is 9.46. The van der Waals surface area contributed by atoms with Gasteiger partial charge in [0.15, 0.2) is 0 Å². The molecule has 4 rings (SSSR count). The third-order valence-corrected chi connectivity index (χ3v) is 5.19. The van der Waals surface area contributed by atoms with E-state index in [9.17, 15) is 14.3 Å². The molecule has 0 aliphatic carbocycles. The molecule has 0 atom stereocenters. The van der Waals surface area contributed by atoms with Crippen LogP contribution in [0, 0.1) is 5.82 Å². The van der Waals surface area contributed by atoms with Gasteiger partial charge in [-0.2, -0.15) is 0 Å². The summed E-state index contributed by atoms with van der Waals surface area (Å²) in [5.74, 6) is -0.991. The van der Waals surface area contributed by atoms with Gasteiger partial charge in [0, 0.05) is 15.6 Å². The maximum Gasteiger partial charge on any atom is 1.00 e. The van der Waals surface area contributed by atoms with Crippen LogP contribution in [0.15, 0.2) is 89.4 Å². The van der Waals surface area contributed by atoms with E-state index in [-0.39, 0.29) is 47.7 Å². The van der Waals surface area contributed by atoms with Crippen molar-refractivity contribution in [2.45, 2.75) is 6.61 Å². The van der Waals surface area contributed by atoms with Crippen LogP contribution in [0.2, 0.25) is 0 Å². The molecule has 3 aromatic carbocycles. The third kappa shape index (κ3) is 5.64. The molecule has 0 saturated carbocycles. The van der Waals surface area contributed by atoms with Gasteiger partial charge in [0.05, 0.1) is 17.4 Å². The number of ether oxygens (including phenoxy) is 1. The van der Waals surface area contributed by atoms with Gasteiger partial charge in [0.1, 0.15) is 18.2 Å². The fourth-order valence-corrected chi connectivity index (χ4v) is 3.58. The average Bonchev–Trinajstić information content (AvgIpc) is 2.79. The summed E-state index contributed by atoms with van der Waals surface area (Å²) < 4.78 is 20.1. The first-order valence-corrected chi connectivity index (χ1v) is 10.3. The molecule has 0 aliphatic rings. The smallest absolute Gasteiger partial charge is 0.543 e. The molecule has 0 spiro atoms. The van der Waals surface area contributed by atoms with Crippen molar-refractivity contribution in [2.75, 3.05) is 0 Å². The number of hydrogen-bond acceptors (Lipinski definition) is 4. The summed E-state index contributed by atoms with van der Waals surface area (Å²) in [6.45, 7) is 0.273. The zero-order valence-electron chi connectivity index (χ0n) is 17.2. The summed E-state index contributed by atoms with van der Waals surface area (Å²) in [5.41, 5.74) is 3.63. The van der Waals surface area contributed by atoms with Gasteiger partial charge in [-0.25, -0.2) is 9.37 Å². The van der Waals surface area contributed by atoms with E-state index in [0.717, 1.165) is 26.7 Å².